The van der Waals surface area contributed by atoms with Gasteiger partial charge in [0.15, 0.2) is 0 Å². The molecule has 0 unspecified atom stereocenters. The lowest BCUT2D eigenvalue weighted by molar-refractivity contribution is 0.476. The molecule has 0 atom stereocenters. The Morgan fingerprint density at radius 2 is 2.29 bits per heavy atom. The molecule has 6 nitrogen and oxygen atoms in total. The van der Waals surface area contributed by atoms with Crippen molar-refractivity contribution in [3.8, 4) is 5.75 Å². The topological polar surface area (TPSA) is 98.8 Å². The number of unbranched alkanes of at least 4 members (excludes halogenated alkanes) is 2. The number of nitrogens with one attached hydrogen (secondary N) is 2. The summed E-state index contributed by atoms with van der Waals surface area (Å²) in [6.45, 7) is 2.86. The van der Waals surface area contributed by atoms with E-state index in [4.69, 9.17) is 5.84 Å². The van der Waals surface area contributed by atoms with Gasteiger partial charge in [0.05, 0.1) is 0 Å². The molecule has 2 aromatic rings. The second-order valence-corrected chi connectivity index (χ2v) is 4.79. The molecule has 6 heteroatoms. The minimum atomic E-state index is 0.224. The maximum absolute atomic E-state index is 9.55. The summed E-state index contributed by atoms with van der Waals surface area (Å²) in [6.07, 6.45) is 6.84. The fourth-order valence-corrected chi connectivity index (χ4v) is 2.04. The van der Waals surface area contributed by atoms with E-state index in [1.54, 1.807) is 18.3 Å². The van der Waals surface area contributed by atoms with Crippen LogP contribution in [-0.2, 0) is 0 Å². The minimum absolute atomic E-state index is 0.224. The van der Waals surface area contributed by atoms with E-state index in [9.17, 15) is 5.11 Å². The fourth-order valence-electron chi connectivity index (χ4n) is 2.04. The molecule has 0 fully saturated rings. The van der Waals surface area contributed by atoms with E-state index in [0.29, 0.717) is 12.5 Å². The van der Waals surface area contributed by atoms with Crippen LogP contribution in [0.3, 0.4) is 0 Å². The normalized spacial score (nSPS) is 12.4. The van der Waals surface area contributed by atoms with Gasteiger partial charge < -0.3 is 10.1 Å². The number of hydrogen-bond acceptors (Lipinski definition) is 3. The maximum atomic E-state index is 9.55. The van der Waals surface area contributed by atoms with Crippen molar-refractivity contribution in [1.82, 2.24) is 10.4 Å². The Morgan fingerprint density at radius 3 is 3.05 bits per heavy atom. The van der Waals surface area contributed by atoms with Crippen LogP contribution >= 0.6 is 0 Å². The largest absolute Gasteiger partial charge is 0.508 e. The number of H-pyrrole nitrogens is 1. The molecule has 0 spiro atoms. The number of guanidine groups is 1. The Morgan fingerprint density at radius 1 is 1.43 bits per heavy atom. The SMILES string of the molecule is CCCCCN=C(/N=C/c1c[nH]c2ccc(O)cc12)NN. The number of phenolic OH excluding ortho intramolecular Hbond substituents is 1. The number of hydrazine groups is 1. The summed E-state index contributed by atoms with van der Waals surface area (Å²) in [5.74, 6) is 6.05. The number of rotatable bonds is 5. The van der Waals surface area contributed by atoms with E-state index in [2.05, 4.69) is 27.3 Å². The number of nitrogens with two attached hydrogens (primary N) is 1. The third-order valence-corrected chi connectivity index (χ3v) is 3.18. The van der Waals surface area contributed by atoms with Crippen LogP contribution < -0.4 is 11.3 Å². The van der Waals surface area contributed by atoms with Crippen molar-refractivity contribution >= 4 is 23.1 Å². The molecule has 2 rings (SSSR count). The Bertz CT molecular complexity index is 645. The lowest BCUT2D eigenvalue weighted by Gasteiger charge is -1.99. The van der Waals surface area contributed by atoms with Gasteiger partial charge in [-0.25, -0.2) is 10.8 Å². The number of aromatic amines is 1. The molecule has 1 aromatic carbocycles. The standard InChI is InChI=1S/C15H21N5O/c1-2-3-4-7-17-15(20-16)19-10-11-9-18-14-6-5-12(21)8-13(11)14/h5-6,8-10,18,21H,2-4,7,16H2,1H3,(H,17,20)/b19-10+. The summed E-state index contributed by atoms with van der Waals surface area (Å²) in [5.41, 5.74) is 4.31. The van der Waals surface area contributed by atoms with E-state index in [1.165, 1.54) is 0 Å². The molecular formula is C15H21N5O. The first kappa shape index (κ1) is 15.1. The number of nitrogens with zero attached hydrogens (tertiary/aromatic N) is 2. The van der Waals surface area contributed by atoms with Gasteiger partial charge in [0.25, 0.3) is 0 Å². The maximum Gasteiger partial charge on any atom is 0.232 e. The zero-order valence-electron chi connectivity index (χ0n) is 12.1. The highest BCUT2D eigenvalue weighted by Crippen LogP contribution is 2.21. The third kappa shape index (κ3) is 4.06. The summed E-state index contributed by atoms with van der Waals surface area (Å²) in [5, 5.41) is 10.5. The molecule has 0 aliphatic carbocycles. The van der Waals surface area contributed by atoms with Crippen LogP contribution in [0.25, 0.3) is 10.9 Å². The lowest BCUT2D eigenvalue weighted by Crippen LogP contribution is -2.29. The first-order valence-corrected chi connectivity index (χ1v) is 7.10. The summed E-state index contributed by atoms with van der Waals surface area (Å²) in [6, 6.07) is 5.16. The van der Waals surface area contributed by atoms with Gasteiger partial charge in [0, 0.05) is 35.4 Å². The molecule has 1 heterocycles. The molecule has 21 heavy (non-hydrogen) atoms. The molecule has 0 bridgehead atoms. The number of fused-ring (bicyclic) bond motifs is 1. The van der Waals surface area contributed by atoms with Gasteiger partial charge in [0.2, 0.25) is 5.96 Å². The third-order valence-electron chi connectivity index (χ3n) is 3.18. The number of aromatic hydroxyl groups is 1. The van der Waals surface area contributed by atoms with Crippen LogP contribution in [0.2, 0.25) is 0 Å². The van der Waals surface area contributed by atoms with E-state index < -0.39 is 0 Å². The highest BCUT2D eigenvalue weighted by Gasteiger charge is 2.02. The summed E-state index contributed by atoms with van der Waals surface area (Å²) >= 11 is 0. The zero-order chi connectivity index (χ0) is 15.1. The summed E-state index contributed by atoms with van der Waals surface area (Å²) in [4.78, 5) is 11.7. The Kier molecular flexibility index (Phi) is 5.34. The average Bonchev–Trinajstić information content (AvgIpc) is 2.89. The molecule has 0 radical (unpaired) electrons. The van der Waals surface area contributed by atoms with Gasteiger partial charge in [-0.3, -0.25) is 10.4 Å². The number of hydrogen-bond donors (Lipinski definition) is 4. The predicted molar refractivity (Wildman–Crippen MR) is 86.7 cm³/mol. The van der Waals surface area contributed by atoms with Gasteiger partial charge in [0.1, 0.15) is 5.75 Å². The number of phenols is 1. The van der Waals surface area contributed by atoms with Crippen LogP contribution in [0.5, 0.6) is 5.75 Å². The highest BCUT2D eigenvalue weighted by molar-refractivity contribution is 6.03. The zero-order valence-corrected chi connectivity index (χ0v) is 12.1. The van der Waals surface area contributed by atoms with E-state index in [1.807, 2.05) is 12.3 Å². The van der Waals surface area contributed by atoms with E-state index >= 15 is 0 Å². The molecule has 0 aliphatic rings. The Hall–Kier alpha value is -2.34. The molecule has 1 aromatic heterocycles. The van der Waals surface area contributed by atoms with Gasteiger partial charge in [-0.2, -0.15) is 0 Å². The molecule has 112 valence electrons. The first-order valence-electron chi connectivity index (χ1n) is 7.10. The molecule has 0 saturated carbocycles. The Balaban J connectivity index is 2.12. The van der Waals surface area contributed by atoms with E-state index in [-0.39, 0.29) is 5.75 Å². The van der Waals surface area contributed by atoms with Crippen molar-refractivity contribution < 1.29 is 5.11 Å². The fraction of sp³-hybridized carbons (Fsp3) is 0.333. The van der Waals surface area contributed by atoms with Crippen molar-refractivity contribution in [3.05, 3.63) is 30.0 Å². The van der Waals surface area contributed by atoms with Crippen molar-refractivity contribution in [3.63, 3.8) is 0 Å². The van der Waals surface area contributed by atoms with Crippen LogP contribution in [-0.4, -0.2) is 28.8 Å². The smallest absolute Gasteiger partial charge is 0.232 e. The van der Waals surface area contributed by atoms with Crippen LogP contribution in [0.4, 0.5) is 0 Å². The minimum Gasteiger partial charge on any atom is -0.508 e. The second kappa shape index (κ2) is 7.44. The molecule has 0 aliphatic heterocycles. The number of benzene rings is 1. The quantitative estimate of drug-likeness (QED) is 0.223. The van der Waals surface area contributed by atoms with Crippen LogP contribution in [0.15, 0.2) is 34.4 Å². The van der Waals surface area contributed by atoms with Crippen molar-refractivity contribution in [1.29, 1.82) is 0 Å². The van der Waals surface area contributed by atoms with Crippen LogP contribution in [0.1, 0.15) is 31.7 Å². The highest BCUT2D eigenvalue weighted by atomic mass is 16.3. The molecular weight excluding hydrogens is 266 g/mol. The monoisotopic (exact) mass is 287 g/mol. The van der Waals surface area contributed by atoms with Gasteiger partial charge >= 0.3 is 0 Å². The number of aliphatic imine (C=N–C) groups is 2. The van der Waals surface area contributed by atoms with Gasteiger partial charge in [-0.15, -0.1) is 0 Å². The van der Waals surface area contributed by atoms with E-state index in [0.717, 1.165) is 35.7 Å². The lowest BCUT2D eigenvalue weighted by atomic mass is 10.2. The number of aromatic nitrogens is 1. The first-order chi connectivity index (χ1) is 10.2. The van der Waals surface area contributed by atoms with Crippen molar-refractivity contribution in [2.75, 3.05) is 6.54 Å². The van der Waals surface area contributed by atoms with Gasteiger partial charge in [-0.1, -0.05) is 19.8 Å². The van der Waals surface area contributed by atoms with Crippen LogP contribution in [0, 0.1) is 0 Å². The summed E-state index contributed by atoms with van der Waals surface area (Å²) in [7, 11) is 0. The average molecular weight is 287 g/mol. The second-order valence-electron chi connectivity index (χ2n) is 4.79. The van der Waals surface area contributed by atoms with Gasteiger partial charge in [-0.05, 0) is 24.6 Å². The van der Waals surface area contributed by atoms with Crippen molar-refractivity contribution in [2.45, 2.75) is 26.2 Å². The van der Waals surface area contributed by atoms with Crippen molar-refractivity contribution in [2.24, 2.45) is 15.8 Å². The predicted octanol–water partition coefficient (Wildman–Crippen LogP) is 2.30. The molecule has 0 amide bonds. The Labute approximate surface area is 123 Å². The molecule has 0 saturated heterocycles. The summed E-state index contributed by atoms with van der Waals surface area (Å²) < 4.78 is 0. The molecule has 5 N–H and O–H groups in total.